The molecular weight excluding hydrogens is 304 g/mol. The molecule has 23 heavy (non-hydrogen) atoms. The number of nitrogens with zero attached hydrogens (tertiary/aromatic N) is 5. The predicted molar refractivity (Wildman–Crippen MR) is 80.8 cm³/mol. The first-order chi connectivity index (χ1) is 11.1. The van der Waals surface area contributed by atoms with Crippen molar-refractivity contribution in [3.05, 3.63) is 30.6 Å². The summed E-state index contributed by atoms with van der Waals surface area (Å²) in [5.74, 6) is 0.181. The van der Waals surface area contributed by atoms with Crippen LogP contribution in [0.2, 0.25) is 0 Å². The molecule has 0 atom stereocenters. The number of benzene rings is 1. The Morgan fingerprint density at radius 2 is 2.17 bits per heavy atom. The average Bonchev–Trinajstić information content (AvgIpc) is 3.10. The average molecular weight is 315 g/mol. The second-order valence-electron chi connectivity index (χ2n) is 5.06. The van der Waals surface area contributed by atoms with Gasteiger partial charge in [0.05, 0.1) is 5.52 Å². The molecule has 0 bridgehead atoms. The topological polar surface area (TPSA) is 98.3 Å². The van der Waals surface area contributed by atoms with Crippen LogP contribution in [0, 0.1) is 0 Å². The molecule has 0 aliphatic carbocycles. The van der Waals surface area contributed by atoms with Gasteiger partial charge in [0.25, 0.3) is 6.43 Å². The van der Waals surface area contributed by atoms with Gasteiger partial charge in [-0.1, -0.05) is 11.3 Å². The minimum atomic E-state index is -2.49. The first kappa shape index (κ1) is 13.6. The normalized spacial score (nSPS) is 11.8. The molecule has 0 radical (unpaired) electrons. The van der Waals surface area contributed by atoms with E-state index < -0.39 is 13.0 Å². The molecular formula is C14H11F2N7. The van der Waals surface area contributed by atoms with Gasteiger partial charge in [-0.3, -0.25) is 0 Å². The van der Waals surface area contributed by atoms with E-state index in [9.17, 15) is 8.78 Å². The van der Waals surface area contributed by atoms with E-state index in [-0.39, 0.29) is 5.95 Å². The van der Waals surface area contributed by atoms with Gasteiger partial charge in [0.15, 0.2) is 0 Å². The first-order valence-corrected chi connectivity index (χ1v) is 6.83. The van der Waals surface area contributed by atoms with Gasteiger partial charge >= 0.3 is 0 Å². The molecule has 0 spiro atoms. The molecule has 0 aliphatic rings. The highest BCUT2D eigenvalue weighted by molar-refractivity contribution is 5.95. The van der Waals surface area contributed by atoms with Crippen molar-refractivity contribution in [2.45, 2.75) is 13.0 Å². The molecule has 1 aromatic carbocycles. The fourth-order valence-corrected chi connectivity index (χ4v) is 2.56. The number of nitrogens with one attached hydrogen (secondary N) is 1. The van der Waals surface area contributed by atoms with E-state index in [1.807, 2.05) is 6.07 Å². The van der Waals surface area contributed by atoms with Crippen LogP contribution in [-0.2, 0) is 6.54 Å². The minimum Gasteiger partial charge on any atom is -0.368 e. The number of nitrogen functional groups attached to an aromatic ring is 1. The second kappa shape index (κ2) is 4.97. The number of hydrogen-bond acceptors (Lipinski definition) is 5. The monoisotopic (exact) mass is 315 g/mol. The molecule has 3 N–H and O–H groups in total. The number of nitrogens with two attached hydrogens (primary N) is 1. The third-order valence-electron chi connectivity index (χ3n) is 3.59. The molecule has 0 aliphatic heterocycles. The third kappa shape index (κ3) is 2.26. The molecule has 7 nitrogen and oxygen atoms in total. The van der Waals surface area contributed by atoms with Gasteiger partial charge in [-0.05, 0) is 17.7 Å². The number of alkyl halides is 2. The summed E-state index contributed by atoms with van der Waals surface area (Å²) in [4.78, 5) is 11.1. The van der Waals surface area contributed by atoms with Crippen molar-refractivity contribution in [3.8, 4) is 11.1 Å². The summed E-state index contributed by atoms with van der Waals surface area (Å²) in [5, 5.41) is 8.47. The van der Waals surface area contributed by atoms with E-state index in [4.69, 9.17) is 5.73 Å². The molecule has 116 valence electrons. The Morgan fingerprint density at radius 1 is 1.30 bits per heavy atom. The number of H-pyrrole nitrogens is 1. The number of fused-ring (bicyclic) bond motifs is 2. The Hall–Kier alpha value is -3.10. The Labute approximate surface area is 128 Å². The van der Waals surface area contributed by atoms with Gasteiger partial charge in [-0.15, -0.1) is 5.10 Å². The van der Waals surface area contributed by atoms with E-state index in [0.717, 1.165) is 16.5 Å². The van der Waals surface area contributed by atoms with Gasteiger partial charge in [0, 0.05) is 23.3 Å². The van der Waals surface area contributed by atoms with Crippen molar-refractivity contribution in [2.24, 2.45) is 0 Å². The van der Waals surface area contributed by atoms with E-state index in [1.165, 1.54) is 4.68 Å². The predicted octanol–water partition coefficient (Wildman–Crippen LogP) is 2.22. The summed E-state index contributed by atoms with van der Waals surface area (Å²) >= 11 is 0. The molecule has 4 aromatic rings. The SMILES string of the molecule is Nc1ncc2c(-c3ccc4nnn(CC(F)F)c4c3)c[nH]c2n1. The van der Waals surface area contributed by atoms with Crippen LogP contribution in [0.5, 0.6) is 0 Å². The fraction of sp³-hybridized carbons (Fsp3) is 0.143. The van der Waals surface area contributed by atoms with Crippen LogP contribution in [0.25, 0.3) is 33.2 Å². The molecule has 3 heterocycles. The highest BCUT2D eigenvalue weighted by atomic mass is 19.3. The molecule has 0 saturated heterocycles. The van der Waals surface area contributed by atoms with Crippen LogP contribution in [0.15, 0.2) is 30.6 Å². The van der Waals surface area contributed by atoms with Crippen LogP contribution < -0.4 is 5.73 Å². The number of rotatable bonds is 3. The van der Waals surface area contributed by atoms with E-state index in [1.54, 1.807) is 24.5 Å². The van der Waals surface area contributed by atoms with Crippen molar-refractivity contribution in [1.82, 2.24) is 29.9 Å². The maximum atomic E-state index is 12.6. The smallest absolute Gasteiger partial charge is 0.258 e. The van der Waals surface area contributed by atoms with Crippen molar-refractivity contribution < 1.29 is 8.78 Å². The number of halogens is 2. The largest absolute Gasteiger partial charge is 0.368 e. The van der Waals surface area contributed by atoms with Gasteiger partial charge in [-0.25, -0.2) is 18.4 Å². The lowest BCUT2D eigenvalue weighted by Crippen LogP contribution is -2.07. The number of aromatic nitrogens is 6. The maximum Gasteiger partial charge on any atom is 0.258 e. The molecule has 0 fully saturated rings. The Bertz CT molecular complexity index is 1000. The third-order valence-corrected chi connectivity index (χ3v) is 3.59. The van der Waals surface area contributed by atoms with Crippen LogP contribution in [-0.4, -0.2) is 36.4 Å². The highest BCUT2D eigenvalue weighted by Crippen LogP contribution is 2.29. The highest BCUT2D eigenvalue weighted by Gasteiger charge is 2.13. The zero-order valence-corrected chi connectivity index (χ0v) is 11.7. The van der Waals surface area contributed by atoms with Crippen molar-refractivity contribution in [3.63, 3.8) is 0 Å². The van der Waals surface area contributed by atoms with Gasteiger partial charge in [0.2, 0.25) is 5.95 Å². The summed E-state index contributed by atoms with van der Waals surface area (Å²) in [6, 6.07) is 5.37. The summed E-state index contributed by atoms with van der Waals surface area (Å²) < 4.78 is 26.4. The van der Waals surface area contributed by atoms with Gasteiger partial charge in [0.1, 0.15) is 17.7 Å². The van der Waals surface area contributed by atoms with Crippen LogP contribution >= 0.6 is 0 Å². The number of anilines is 1. The zero-order valence-electron chi connectivity index (χ0n) is 11.7. The first-order valence-electron chi connectivity index (χ1n) is 6.83. The van der Waals surface area contributed by atoms with Crippen LogP contribution in [0.3, 0.4) is 0 Å². The van der Waals surface area contributed by atoms with E-state index in [0.29, 0.717) is 16.7 Å². The number of aromatic amines is 1. The van der Waals surface area contributed by atoms with E-state index in [2.05, 4.69) is 25.3 Å². The summed E-state index contributed by atoms with van der Waals surface area (Å²) in [5.41, 5.74) is 8.98. The molecule has 0 saturated carbocycles. The lowest BCUT2D eigenvalue weighted by atomic mass is 10.1. The molecule has 9 heteroatoms. The fourth-order valence-electron chi connectivity index (χ4n) is 2.56. The standard InChI is InChI=1S/C14H11F2N7/c15-12(16)6-23-11-3-7(1-2-10(11)21-22-23)8-4-18-13-9(8)5-19-14(17)20-13/h1-5,12H,6H2,(H3,17,18,19,20). The van der Waals surface area contributed by atoms with Crippen molar-refractivity contribution >= 4 is 28.0 Å². The lowest BCUT2D eigenvalue weighted by Gasteiger charge is -2.03. The summed E-state index contributed by atoms with van der Waals surface area (Å²) in [6.45, 7) is -0.493. The van der Waals surface area contributed by atoms with Gasteiger partial charge in [-0.2, -0.15) is 4.98 Å². The van der Waals surface area contributed by atoms with Crippen LogP contribution in [0.1, 0.15) is 0 Å². The maximum absolute atomic E-state index is 12.6. The Kier molecular flexibility index (Phi) is 2.93. The molecule has 3 aromatic heterocycles. The number of hydrogen-bond donors (Lipinski definition) is 2. The molecule has 0 amide bonds. The Balaban J connectivity index is 1.87. The van der Waals surface area contributed by atoms with Crippen molar-refractivity contribution in [1.29, 1.82) is 0 Å². The second-order valence-corrected chi connectivity index (χ2v) is 5.06. The van der Waals surface area contributed by atoms with Crippen molar-refractivity contribution in [2.75, 3.05) is 5.73 Å². The zero-order chi connectivity index (χ0) is 16.0. The summed E-state index contributed by atoms with van der Waals surface area (Å²) in [6.07, 6.45) is 0.914. The summed E-state index contributed by atoms with van der Waals surface area (Å²) in [7, 11) is 0. The quantitative estimate of drug-likeness (QED) is 0.604. The van der Waals surface area contributed by atoms with Gasteiger partial charge < -0.3 is 10.7 Å². The van der Waals surface area contributed by atoms with E-state index >= 15 is 0 Å². The lowest BCUT2D eigenvalue weighted by molar-refractivity contribution is 0.122. The molecule has 4 rings (SSSR count). The minimum absolute atomic E-state index is 0.181. The van der Waals surface area contributed by atoms with Crippen LogP contribution in [0.4, 0.5) is 14.7 Å². The Morgan fingerprint density at radius 3 is 3.00 bits per heavy atom. The molecule has 0 unspecified atom stereocenters.